The third kappa shape index (κ3) is 3.65. The molecule has 7 heteroatoms. The monoisotopic (exact) mass is 265 g/mol. The smallest absolute Gasteiger partial charge is 0.279 e. The van der Waals surface area contributed by atoms with E-state index in [1.807, 2.05) is 6.92 Å². The summed E-state index contributed by atoms with van der Waals surface area (Å²) >= 11 is 4.91. The Morgan fingerprint density at radius 3 is 2.88 bits per heavy atom. The van der Waals surface area contributed by atoms with Gasteiger partial charge >= 0.3 is 0 Å². The maximum atomic E-state index is 11.8. The zero-order chi connectivity index (χ0) is 12.2. The van der Waals surface area contributed by atoms with E-state index >= 15 is 0 Å². The van der Waals surface area contributed by atoms with Crippen molar-refractivity contribution in [1.29, 1.82) is 0 Å². The first-order chi connectivity index (χ1) is 7.47. The van der Waals surface area contributed by atoms with Gasteiger partial charge in [-0.1, -0.05) is 19.1 Å². The number of thiocarbonyl (C=S) groups is 1. The first kappa shape index (κ1) is 13.8. The van der Waals surface area contributed by atoms with Crippen LogP contribution in [-0.2, 0) is 10.2 Å². The van der Waals surface area contributed by atoms with Crippen molar-refractivity contribution in [3.05, 3.63) is 0 Å². The van der Waals surface area contributed by atoms with Crippen molar-refractivity contribution in [2.24, 2.45) is 11.7 Å². The van der Waals surface area contributed by atoms with Crippen molar-refractivity contribution in [1.82, 2.24) is 9.03 Å². The van der Waals surface area contributed by atoms with Gasteiger partial charge in [-0.25, -0.2) is 4.72 Å². The largest absolute Gasteiger partial charge is 0.393 e. The molecule has 1 fully saturated rings. The first-order valence-electron chi connectivity index (χ1n) is 5.51. The van der Waals surface area contributed by atoms with Crippen LogP contribution in [0.3, 0.4) is 0 Å². The standard InChI is InChI=1S/C9H19N3O2S2/c1-2-5-11-16(13,14)12-6-3-4-8(7-12)9(10)15/h8,11H,2-7H2,1H3,(H2,10,15). The summed E-state index contributed by atoms with van der Waals surface area (Å²) in [6.07, 6.45) is 2.48. The van der Waals surface area contributed by atoms with Crippen LogP contribution in [0.4, 0.5) is 0 Å². The molecular weight excluding hydrogens is 246 g/mol. The van der Waals surface area contributed by atoms with Crippen molar-refractivity contribution in [3.8, 4) is 0 Å². The van der Waals surface area contributed by atoms with Crippen molar-refractivity contribution in [2.75, 3.05) is 19.6 Å². The average molecular weight is 265 g/mol. The summed E-state index contributed by atoms with van der Waals surface area (Å²) in [5, 5.41) is 0. The lowest BCUT2D eigenvalue weighted by atomic mass is 10.0. The molecule has 0 aliphatic carbocycles. The quantitative estimate of drug-likeness (QED) is 0.698. The van der Waals surface area contributed by atoms with Gasteiger partial charge in [0.25, 0.3) is 10.2 Å². The molecule has 0 aromatic carbocycles. The molecule has 1 saturated heterocycles. The van der Waals surface area contributed by atoms with E-state index in [-0.39, 0.29) is 5.92 Å². The lowest BCUT2D eigenvalue weighted by Crippen LogP contribution is -2.48. The molecule has 1 rings (SSSR count). The number of hydrogen-bond donors (Lipinski definition) is 2. The van der Waals surface area contributed by atoms with Gasteiger partial charge in [0.05, 0.1) is 4.99 Å². The van der Waals surface area contributed by atoms with Gasteiger partial charge in [-0.2, -0.15) is 12.7 Å². The molecule has 0 spiro atoms. The number of nitrogens with zero attached hydrogens (tertiary/aromatic N) is 1. The van der Waals surface area contributed by atoms with Gasteiger partial charge in [0.15, 0.2) is 0 Å². The molecule has 0 amide bonds. The Labute approximate surface area is 103 Å². The zero-order valence-electron chi connectivity index (χ0n) is 9.48. The molecule has 0 aromatic heterocycles. The second kappa shape index (κ2) is 5.90. The van der Waals surface area contributed by atoms with E-state index in [2.05, 4.69) is 4.72 Å². The van der Waals surface area contributed by atoms with Crippen LogP contribution in [0.25, 0.3) is 0 Å². The summed E-state index contributed by atoms with van der Waals surface area (Å²) in [4.78, 5) is 0.412. The molecule has 16 heavy (non-hydrogen) atoms. The molecule has 1 atom stereocenters. The Bertz CT molecular complexity index is 343. The highest BCUT2D eigenvalue weighted by molar-refractivity contribution is 7.87. The highest BCUT2D eigenvalue weighted by atomic mass is 32.2. The Balaban J connectivity index is 2.62. The van der Waals surface area contributed by atoms with Crippen LogP contribution in [0.5, 0.6) is 0 Å². The molecule has 1 aliphatic heterocycles. The Morgan fingerprint density at radius 1 is 1.62 bits per heavy atom. The summed E-state index contributed by atoms with van der Waals surface area (Å²) in [5.41, 5.74) is 5.56. The molecule has 0 bridgehead atoms. The zero-order valence-corrected chi connectivity index (χ0v) is 11.1. The fourth-order valence-corrected chi connectivity index (χ4v) is 3.30. The van der Waals surface area contributed by atoms with E-state index in [1.54, 1.807) is 0 Å². The summed E-state index contributed by atoms with van der Waals surface area (Å²) in [7, 11) is -3.34. The van der Waals surface area contributed by atoms with Crippen LogP contribution in [0, 0.1) is 5.92 Å². The minimum absolute atomic E-state index is 0.0157. The summed E-state index contributed by atoms with van der Waals surface area (Å²) < 4.78 is 27.7. The lowest BCUT2D eigenvalue weighted by molar-refractivity contribution is 0.309. The highest BCUT2D eigenvalue weighted by Gasteiger charge is 2.29. The third-order valence-corrected chi connectivity index (χ3v) is 4.57. The van der Waals surface area contributed by atoms with E-state index in [0.29, 0.717) is 24.6 Å². The van der Waals surface area contributed by atoms with Crippen LogP contribution < -0.4 is 10.5 Å². The van der Waals surface area contributed by atoms with Crippen molar-refractivity contribution < 1.29 is 8.42 Å². The lowest BCUT2D eigenvalue weighted by Gasteiger charge is -2.31. The van der Waals surface area contributed by atoms with Gasteiger partial charge < -0.3 is 5.73 Å². The van der Waals surface area contributed by atoms with Crippen molar-refractivity contribution in [3.63, 3.8) is 0 Å². The van der Waals surface area contributed by atoms with Gasteiger partial charge in [-0.05, 0) is 19.3 Å². The highest BCUT2D eigenvalue weighted by Crippen LogP contribution is 2.18. The van der Waals surface area contributed by atoms with Crippen LogP contribution in [0.2, 0.25) is 0 Å². The fourth-order valence-electron chi connectivity index (χ4n) is 1.72. The molecule has 1 aliphatic rings. The van der Waals surface area contributed by atoms with Crippen molar-refractivity contribution >= 4 is 27.4 Å². The maximum Gasteiger partial charge on any atom is 0.279 e. The van der Waals surface area contributed by atoms with Crippen LogP contribution in [0.15, 0.2) is 0 Å². The predicted molar refractivity (Wildman–Crippen MR) is 68.3 cm³/mol. The number of piperidine rings is 1. The van der Waals surface area contributed by atoms with Crippen LogP contribution in [-0.4, -0.2) is 37.3 Å². The van der Waals surface area contributed by atoms with Crippen LogP contribution >= 0.6 is 12.2 Å². The number of rotatable bonds is 5. The Hall–Kier alpha value is -0.240. The van der Waals surface area contributed by atoms with E-state index in [9.17, 15) is 8.42 Å². The minimum atomic E-state index is -3.34. The van der Waals surface area contributed by atoms with Crippen molar-refractivity contribution in [2.45, 2.75) is 26.2 Å². The molecule has 3 N–H and O–H groups in total. The Kier molecular flexibility index (Phi) is 5.10. The number of nitrogens with one attached hydrogen (secondary N) is 1. The normalized spacial score (nSPS) is 23.2. The summed E-state index contributed by atoms with van der Waals surface area (Å²) in [5.74, 6) is 0.0157. The average Bonchev–Trinajstić information content (AvgIpc) is 2.26. The second-order valence-electron chi connectivity index (χ2n) is 4.00. The molecule has 0 radical (unpaired) electrons. The maximum absolute atomic E-state index is 11.8. The van der Waals surface area contributed by atoms with Crippen LogP contribution in [0.1, 0.15) is 26.2 Å². The molecule has 94 valence electrons. The van der Waals surface area contributed by atoms with E-state index in [1.165, 1.54) is 4.31 Å². The van der Waals surface area contributed by atoms with E-state index in [4.69, 9.17) is 18.0 Å². The van der Waals surface area contributed by atoms with Gasteiger partial charge in [0.2, 0.25) is 0 Å². The summed E-state index contributed by atoms with van der Waals surface area (Å²) in [6, 6.07) is 0. The number of nitrogens with two attached hydrogens (primary N) is 1. The molecule has 0 aromatic rings. The molecule has 1 unspecified atom stereocenters. The number of hydrogen-bond acceptors (Lipinski definition) is 3. The van der Waals surface area contributed by atoms with Gasteiger partial charge in [-0.15, -0.1) is 0 Å². The molecular formula is C9H19N3O2S2. The van der Waals surface area contributed by atoms with E-state index in [0.717, 1.165) is 19.3 Å². The minimum Gasteiger partial charge on any atom is -0.393 e. The topological polar surface area (TPSA) is 75.4 Å². The Morgan fingerprint density at radius 2 is 2.31 bits per heavy atom. The first-order valence-corrected chi connectivity index (χ1v) is 7.36. The van der Waals surface area contributed by atoms with Gasteiger partial charge in [0, 0.05) is 25.6 Å². The summed E-state index contributed by atoms with van der Waals surface area (Å²) in [6.45, 7) is 3.36. The fraction of sp³-hybridized carbons (Fsp3) is 0.889. The third-order valence-electron chi connectivity index (χ3n) is 2.66. The molecule has 0 saturated carbocycles. The van der Waals surface area contributed by atoms with Gasteiger partial charge in [-0.3, -0.25) is 0 Å². The SMILES string of the molecule is CCCNS(=O)(=O)N1CCCC(C(N)=S)C1. The predicted octanol–water partition coefficient (Wildman–Crippen LogP) is 0.229. The van der Waals surface area contributed by atoms with Gasteiger partial charge in [0.1, 0.15) is 0 Å². The van der Waals surface area contributed by atoms with E-state index < -0.39 is 10.2 Å². The molecule has 1 heterocycles. The molecule has 5 nitrogen and oxygen atoms in total. The second-order valence-corrected chi connectivity index (χ2v) is 6.23.